The molecule has 1 fully saturated rings. The highest BCUT2D eigenvalue weighted by Gasteiger charge is 2.31. The molecule has 17 heavy (non-hydrogen) atoms. The van der Waals surface area contributed by atoms with E-state index in [0.29, 0.717) is 30.4 Å². The number of rotatable bonds is 2. The van der Waals surface area contributed by atoms with Crippen molar-refractivity contribution in [2.45, 2.75) is 6.04 Å². The highest BCUT2D eigenvalue weighted by Crippen LogP contribution is 2.23. The van der Waals surface area contributed by atoms with Crippen LogP contribution in [0.25, 0.3) is 0 Å². The quantitative estimate of drug-likeness (QED) is 0.860. The minimum absolute atomic E-state index is 0.254. The summed E-state index contributed by atoms with van der Waals surface area (Å²) in [6.07, 6.45) is 2.76. The van der Waals surface area contributed by atoms with Crippen molar-refractivity contribution in [1.82, 2.24) is 14.6 Å². The van der Waals surface area contributed by atoms with Crippen LogP contribution in [0.15, 0.2) is 18.3 Å². The van der Waals surface area contributed by atoms with E-state index in [0.717, 1.165) is 0 Å². The van der Waals surface area contributed by atoms with Gasteiger partial charge in [0.1, 0.15) is 0 Å². The number of hydrogen-bond donors (Lipinski definition) is 1. The summed E-state index contributed by atoms with van der Waals surface area (Å²) < 4.78 is 24.8. The van der Waals surface area contributed by atoms with E-state index >= 15 is 0 Å². The Morgan fingerprint density at radius 1 is 1.53 bits per heavy atom. The van der Waals surface area contributed by atoms with Crippen LogP contribution in [0.2, 0.25) is 5.02 Å². The molecule has 0 aliphatic carbocycles. The largest absolute Gasteiger partial charge is 0.313 e. The number of nitrogens with one attached hydrogen (secondary N) is 1. The fourth-order valence-electron chi connectivity index (χ4n) is 1.92. The first-order valence-electron chi connectivity index (χ1n) is 5.27. The SMILES string of the molecule is CS(=O)(=O)N1CCNCC1c1ccc(Cl)cn1. The van der Waals surface area contributed by atoms with Crippen molar-refractivity contribution in [1.29, 1.82) is 0 Å². The number of nitrogens with zero attached hydrogens (tertiary/aromatic N) is 2. The Labute approximate surface area is 106 Å². The number of hydrogen-bond acceptors (Lipinski definition) is 4. The second-order valence-corrected chi connectivity index (χ2v) is 6.37. The molecule has 1 aromatic rings. The normalized spacial score (nSPS) is 22.6. The van der Waals surface area contributed by atoms with Crippen molar-refractivity contribution >= 4 is 21.6 Å². The van der Waals surface area contributed by atoms with Crippen molar-refractivity contribution in [2.75, 3.05) is 25.9 Å². The maximum absolute atomic E-state index is 11.7. The zero-order chi connectivity index (χ0) is 12.5. The van der Waals surface area contributed by atoms with E-state index in [4.69, 9.17) is 11.6 Å². The number of piperazine rings is 1. The number of pyridine rings is 1. The van der Waals surface area contributed by atoms with Gasteiger partial charge >= 0.3 is 0 Å². The van der Waals surface area contributed by atoms with Crippen LogP contribution in [0, 0.1) is 0 Å². The molecule has 5 nitrogen and oxygen atoms in total. The summed E-state index contributed by atoms with van der Waals surface area (Å²) in [5.74, 6) is 0. The Hall–Kier alpha value is -0.690. The van der Waals surface area contributed by atoms with Crippen LogP contribution in [-0.2, 0) is 10.0 Å². The van der Waals surface area contributed by atoms with Crippen molar-refractivity contribution < 1.29 is 8.42 Å². The summed E-state index contributed by atoms with van der Waals surface area (Å²) in [6.45, 7) is 1.70. The summed E-state index contributed by atoms with van der Waals surface area (Å²) in [4.78, 5) is 4.19. The molecule has 0 amide bonds. The minimum Gasteiger partial charge on any atom is -0.313 e. The molecule has 0 bridgehead atoms. The van der Waals surface area contributed by atoms with E-state index < -0.39 is 10.0 Å². The smallest absolute Gasteiger partial charge is 0.211 e. The van der Waals surface area contributed by atoms with Crippen LogP contribution in [-0.4, -0.2) is 43.6 Å². The van der Waals surface area contributed by atoms with Gasteiger partial charge in [0.25, 0.3) is 0 Å². The monoisotopic (exact) mass is 275 g/mol. The topological polar surface area (TPSA) is 62.3 Å². The molecule has 0 radical (unpaired) electrons. The molecule has 7 heteroatoms. The molecule has 1 saturated heterocycles. The van der Waals surface area contributed by atoms with E-state index in [-0.39, 0.29) is 6.04 Å². The predicted octanol–water partition coefficient (Wildman–Crippen LogP) is 0.641. The second kappa shape index (κ2) is 4.89. The Kier molecular flexibility index (Phi) is 3.67. The molecule has 0 aromatic carbocycles. The van der Waals surface area contributed by atoms with Gasteiger partial charge in [0.2, 0.25) is 10.0 Å². The lowest BCUT2D eigenvalue weighted by Gasteiger charge is -2.33. The molecule has 1 unspecified atom stereocenters. The van der Waals surface area contributed by atoms with Gasteiger partial charge in [-0.15, -0.1) is 0 Å². The van der Waals surface area contributed by atoms with E-state index in [2.05, 4.69) is 10.3 Å². The lowest BCUT2D eigenvalue weighted by molar-refractivity contribution is 0.269. The van der Waals surface area contributed by atoms with Gasteiger partial charge in [-0.1, -0.05) is 11.6 Å². The summed E-state index contributed by atoms with van der Waals surface area (Å²) in [7, 11) is -3.21. The molecule has 1 aliphatic heterocycles. The lowest BCUT2D eigenvalue weighted by Crippen LogP contribution is -2.48. The van der Waals surface area contributed by atoms with Gasteiger partial charge in [0.15, 0.2) is 0 Å². The van der Waals surface area contributed by atoms with E-state index in [1.165, 1.54) is 16.8 Å². The van der Waals surface area contributed by atoms with Crippen LogP contribution in [0.1, 0.15) is 11.7 Å². The van der Waals surface area contributed by atoms with Crippen molar-refractivity contribution in [3.8, 4) is 0 Å². The van der Waals surface area contributed by atoms with Gasteiger partial charge in [-0.2, -0.15) is 4.31 Å². The van der Waals surface area contributed by atoms with Gasteiger partial charge in [0, 0.05) is 25.8 Å². The minimum atomic E-state index is -3.21. The van der Waals surface area contributed by atoms with Gasteiger partial charge < -0.3 is 5.32 Å². The van der Waals surface area contributed by atoms with Gasteiger partial charge in [0.05, 0.1) is 23.0 Å². The van der Waals surface area contributed by atoms with E-state index in [9.17, 15) is 8.42 Å². The average molecular weight is 276 g/mol. The molecule has 2 heterocycles. The van der Waals surface area contributed by atoms with Gasteiger partial charge in [-0.3, -0.25) is 4.98 Å². The third-order valence-electron chi connectivity index (χ3n) is 2.71. The van der Waals surface area contributed by atoms with Crippen LogP contribution >= 0.6 is 11.6 Å². The third kappa shape index (κ3) is 2.95. The Morgan fingerprint density at radius 2 is 2.29 bits per heavy atom. The third-order valence-corrected chi connectivity index (χ3v) is 4.22. The molecule has 1 N–H and O–H groups in total. The predicted molar refractivity (Wildman–Crippen MR) is 66.4 cm³/mol. The molecule has 1 aliphatic rings. The Balaban J connectivity index is 2.31. The fourth-order valence-corrected chi connectivity index (χ4v) is 3.10. The Bertz CT molecular complexity index is 489. The van der Waals surface area contributed by atoms with Crippen molar-refractivity contribution in [2.24, 2.45) is 0 Å². The van der Waals surface area contributed by atoms with Crippen molar-refractivity contribution in [3.05, 3.63) is 29.0 Å². The average Bonchev–Trinajstić information content (AvgIpc) is 2.29. The zero-order valence-corrected chi connectivity index (χ0v) is 11.0. The standard InChI is InChI=1S/C10H14ClN3O2S/c1-17(15,16)14-5-4-12-7-10(14)9-3-2-8(11)6-13-9/h2-3,6,10,12H,4-5,7H2,1H3. The number of aromatic nitrogens is 1. The summed E-state index contributed by atoms with van der Waals surface area (Å²) in [6, 6.07) is 3.23. The Morgan fingerprint density at radius 3 is 2.88 bits per heavy atom. The molecule has 2 rings (SSSR count). The van der Waals surface area contributed by atoms with E-state index in [1.54, 1.807) is 12.1 Å². The second-order valence-electron chi connectivity index (χ2n) is 3.99. The maximum atomic E-state index is 11.7. The van der Waals surface area contributed by atoms with Crippen LogP contribution < -0.4 is 5.32 Å². The van der Waals surface area contributed by atoms with Crippen LogP contribution in [0.3, 0.4) is 0 Å². The summed E-state index contributed by atoms with van der Waals surface area (Å²) >= 11 is 5.77. The molecule has 0 saturated carbocycles. The van der Waals surface area contributed by atoms with Crippen LogP contribution in [0.4, 0.5) is 0 Å². The van der Waals surface area contributed by atoms with Gasteiger partial charge in [-0.05, 0) is 12.1 Å². The van der Waals surface area contributed by atoms with Crippen LogP contribution in [0.5, 0.6) is 0 Å². The molecular formula is C10H14ClN3O2S. The first-order valence-corrected chi connectivity index (χ1v) is 7.50. The molecule has 94 valence electrons. The van der Waals surface area contributed by atoms with E-state index in [1.807, 2.05) is 0 Å². The number of halogens is 1. The molecule has 1 aromatic heterocycles. The maximum Gasteiger partial charge on any atom is 0.211 e. The first kappa shape index (κ1) is 12.8. The highest BCUT2D eigenvalue weighted by molar-refractivity contribution is 7.88. The lowest BCUT2D eigenvalue weighted by atomic mass is 10.1. The fraction of sp³-hybridized carbons (Fsp3) is 0.500. The zero-order valence-electron chi connectivity index (χ0n) is 9.43. The highest BCUT2D eigenvalue weighted by atomic mass is 35.5. The molecule has 0 spiro atoms. The first-order chi connectivity index (χ1) is 7.98. The summed E-state index contributed by atoms with van der Waals surface area (Å²) in [5, 5.41) is 3.72. The summed E-state index contributed by atoms with van der Waals surface area (Å²) in [5.41, 5.74) is 0.715. The van der Waals surface area contributed by atoms with Gasteiger partial charge in [-0.25, -0.2) is 8.42 Å². The number of sulfonamides is 1. The molecule has 1 atom stereocenters. The molecular weight excluding hydrogens is 262 g/mol. The van der Waals surface area contributed by atoms with Crippen molar-refractivity contribution in [3.63, 3.8) is 0 Å².